The molecule has 0 aliphatic rings. The molecule has 0 aliphatic carbocycles. The Morgan fingerprint density at radius 2 is 1.67 bits per heavy atom. The SMILES string of the molecule is O=C(Sc1ccccn1)c1cc(Br)c2cc(Cc3ccc(F)cc3)cnc2c1OCc1ccccc1. The number of ether oxygens (including phenoxy) is 1. The summed E-state index contributed by atoms with van der Waals surface area (Å²) in [6.45, 7) is 0.297. The van der Waals surface area contributed by atoms with Crippen molar-refractivity contribution in [3.05, 3.63) is 130 Å². The second kappa shape index (κ2) is 11.0. The van der Waals surface area contributed by atoms with Gasteiger partial charge in [-0.15, -0.1) is 0 Å². The highest BCUT2D eigenvalue weighted by atomic mass is 79.9. The van der Waals surface area contributed by atoms with Crippen LogP contribution in [0.15, 0.2) is 107 Å². The number of halogens is 2. The third kappa shape index (κ3) is 5.64. The number of hydrogen-bond acceptors (Lipinski definition) is 5. The Labute approximate surface area is 220 Å². The van der Waals surface area contributed by atoms with Crippen LogP contribution >= 0.6 is 27.7 Å². The maximum absolute atomic E-state index is 13.3. The standard InChI is InChI=1S/C29H20BrFN2O2S/c30-25-16-24(29(34)36-26-8-4-5-13-32-26)28(35-18-20-6-2-1-3-7-20)27-23(25)15-21(17-33-27)14-19-9-11-22(31)12-10-19/h1-13,15-17H,14,18H2. The molecule has 0 fully saturated rings. The minimum atomic E-state index is -0.265. The van der Waals surface area contributed by atoms with E-state index in [1.165, 1.54) is 12.1 Å². The number of nitrogens with zero attached hydrogens (tertiary/aromatic N) is 2. The smallest absolute Gasteiger partial charge is 0.229 e. The summed E-state index contributed by atoms with van der Waals surface area (Å²) in [5, 5.41) is 1.25. The van der Waals surface area contributed by atoms with E-state index in [2.05, 4.69) is 20.9 Å². The van der Waals surface area contributed by atoms with Gasteiger partial charge in [-0.1, -0.05) is 64.5 Å². The zero-order valence-corrected chi connectivity index (χ0v) is 21.4. The van der Waals surface area contributed by atoms with E-state index in [4.69, 9.17) is 9.72 Å². The summed E-state index contributed by atoms with van der Waals surface area (Å²) in [6.07, 6.45) is 4.03. The molecule has 0 saturated carbocycles. The highest BCUT2D eigenvalue weighted by molar-refractivity contribution is 9.10. The summed E-state index contributed by atoms with van der Waals surface area (Å²) in [6, 6.07) is 25.5. The van der Waals surface area contributed by atoms with Crippen LogP contribution in [-0.2, 0) is 13.0 Å². The number of hydrogen-bond donors (Lipinski definition) is 0. The number of carbonyl (C=O) groups is 1. The van der Waals surface area contributed by atoms with Gasteiger partial charge < -0.3 is 4.74 Å². The lowest BCUT2D eigenvalue weighted by Crippen LogP contribution is -2.05. The molecule has 0 unspecified atom stereocenters. The molecule has 36 heavy (non-hydrogen) atoms. The van der Waals surface area contributed by atoms with E-state index in [1.54, 1.807) is 36.7 Å². The molecule has 3 aromatic carbocycles. The van der Waals surface area contributed by atoms with Crippen molar-refractivity contribution >= 4 is 43.7 Å². The first-order valence-corrected chi connectivity index (χ1v) is 12.8. The molecule has 5 rings (SSSR count). The van der Waals surface area contributed by atoms with Crippen molar-refractivity contribution in [1.29, 1.82) is 0 Å². The lowest BCUT2D eigenvalue weighted by molar-refractivity contribution is 0.108. The van der Waals surface area contributed by atoms with Gasteiger partial charge in [0, 0.05) is 22.3 Å². The van der Waals surface area contributed by atoms with Gasteiger partial charge in [0.1, 0.15) is 23.0 Å². The predicted octanol–water partition coefficient (Wildman–Crippen LogP) is 7.63. The zero-order chi connectivity index (χ0) is 24.9. The van der Waals surface area contributed by atoms with Crippen molar-refractivity contribution in [2.24, 2.45) is 0 Å². The van der Waals surface area contributed by atoms with Gasteiger partial charge in [-0.2, -0.15) is 0 Å². The quantitative estimate of drug-likeness (QED) is 0.192. The lowest BCUT2D eigenvalue weighted by Gasteiger charge is -2.15. The van der Waals surface area contributed by atoms with Crippen LogP contribution in [0.5, 0.6) is 5.75 Å². The first-order valence-electron chi connectivity index (χ1n) is 11.2. The second-order valence-corrected chi connectivity index (χ2v) is 9.96. The maximum atomic E-state index is 13.3. The average molecular weight is 559 g/mol. The lowest BCUT2D eigenvalue weighted by atomic mass is 10.0. The maximum Gasteiger partial charge on any atom is 0.229 e. The van der Waals surface area contributed by atoms with Gasteiger partial charge in [-0.25, -0.2) is 9.37 Å². The van der Waals surface area contributed by atoms with E-state index in [0.29, 0.717) is 34.9 Å². The van der Waals surface area contributed by atoms with E-state index < -0.39 is 0 Å². The largest absolute Gasteiger partial charge is 0.486 e. The van der Waals surface area contributed by atoms with Crippen LogP contribution in [0.3, 0.4) is 0 Å². The normalized spacial score (nSPS) is 10.9. The van der Waals surface area contributed by atoms with Gasteiger partial charge in [-0.05, 0) is 71.3 Å². The second-order valence-electron chi connectivity index (χ2n) is 8.11. The molecule has 2 aromatic heterocycles. The topological polar surface area (TPSA) is 52.1 Å². The monoisotopic (exact) mass is 558 g/mol. The number of aromatic nitrogens is 2. The van der Waals surface area contributed by atoms with Crippen molar-refractivity contribution in [2.75, 3.05) is 0 Å². The molecule has 0 N–H and O–H groups in total. The van der Waals surface area contributed by atoms with E-state index in [-0.39, 0.29) is 10.9 Å². The summed E-state index contributed by atoms with van der Waals surface area (Å²) >= 11 is 4.69. The van der Waals surface area contributed by atoms with Crippen LogP contribution in [0.25, 0.3) is 10.9 Å². The molecular weight excluding hydrogens is 539 g/mol. The fraction of sp³-hybridized carbons (Fsp3) is 0.0690. The molecule has 5 aromatic rings. The fourth-order valence-electron chi connectivity index (χ4n) is 3.79. The summed E-state index contributed by atoms with van der Waals surface area (Å²) in [7, 11) is 0. The van der Waals surface area contributed by atoms with E-state index in [1.807, 2.05) is 48.5 Å². The van der Waals surface area contributed by atoms with Gasteiger partial charge >= 0.3 is 0 Å². The van der Waals surface area contributed by atoms with Crippen molar-refractivity contribution < 1.29 is 13.9 Å². The van der Waals surface area contributed by atoms with Crippen molar-refractivity contribution in [2.45, 2.75) is 18.1 Å². The van der Waals surface area contributed by atoms with Crippen LogP contribution in [0.4, 0.5) is 4.39 Å². The van der Waals surface area contributed by atoms with Crippen LogP contribution in [0, 0.1) is 5.82 Å². The number of pyridine rings is 2. The molecule has 0 saturated heterocycles. The Balaban J connectivity index is 1.53. The Bertz CT molecular complexity index is 1510. The predicted molar refractivity (Wildman–Crippen MR) is 144 cm³/mol. The number of carbonyl (C=O) groups excluding carboxylic acids is 1. The van der Waals surface area contributed by atoms with Crippen molar-refractivity contribution in [3.63, 3.8) is 0 Å². The minimum Gasteiger partial charge on any atom is -0.486 e. The fourth-order valence-corrected chi connectivity index (χ4v) is 5.03. The first-order chi connectivity index (χ1) is 17.6. The molecule has 0 amide bonds. The van der Waals surface area contributed by atoms with E-state index in [9.17, 15) is 9.18 Å². The Morgan fingerprint density at radius 3 is 2.42 bits per heavy atom. The molecular formula is C29H20BrFN2O2S. The average Bonchev–Trinajstić information content (AvgIpc) is 2.90. The number of benzene rings is 3. The first kappa shape index (κ1) is 24.2. The molecule has 4 nitrogen and oxygen atoms in total. The molecule has 0 aliphatic heterocycles. The van der Waals surface area contributed by atoms with Crippen molar-refractivity contribution in [1.82, 2.24) is 9.97 Å². The molecule has 178 valence electrons. The zero-order valence-electron chi connectivity index (χ0n) is 19.0. The van der Waals surface area contributed by atoms with Gasteiger partial charge in [0.2, 0.25) is 5.12 Å². The Kier molecular flexibility index (Phi) is 7.39. The van der Waals surface area contributed by atoms with Gasteiger partial charge in [0.05, 0.1) is 5.56 Å². The number of fused-ring (bicyclic) bond motifs is 1. The third-order valence-electron chi connectivity index (χ3n) is 5.53. The summed E-state index contributed by atoms with van der Waals surface area (Å²) in [4.78, 5) is 22.3. The summed E-state index contributed by atoms with van der Waals surface area (Å²) in [5.74, 6) is 0.165. The molecule has 0 atom stereocenters. The molecule has 2 heterocycles. The molecule has 7 heteroatoms. The Morgan fingerprint density at radius 1 is 0.889 bits per heavy atom. The highest BCUT2D eigenvalue weighted by Crippen LogP contribution is 2.38. The van der Waals surface area contributed by atoms with Crippen molar-refractivity contribution in [3.8, 4) is 5.75 Å². The molecule has 0 spiro atoms. The van der Waals surface area contributed by atoms with E-state index >= 15 is 0 Å². The third-order valence-corrected chi connectivity index (χ3v) is 7.05. The van der Waals surface area contributed by atoms with Crippen LogP contribution in [0.2, 0.25) is 0 Å². The van der Waals surface area contributed by atoms with Gasteiger partial charge in [-0.3, -0.25) is 9.78 Å². The van der Waals surface area contributed by atoms with Crippen LogP contribution < -0.4 is 4.74 Å². The Hall–Kier alpha value is -3.55. The molecule has 0 bridgehead atoms. The minimum absolute atomic E-state index is 0.184. The highest BCUT2D eigenvalue weighted by Gasteiger charge is 2.21. The van der Waals surface area contributed by atoms with Gasteiger partial charge in [0.25, 0.3) is 0 Å². The van der Waals surface area contributed by atoms with Crippen LogP contribution in [-0.4, -0.2) is 15.1 Å². The number of thioether (sulfide) groups is 1. The van der Waals surface area contributed by atoms with Gasteiger partial charge in [0.15, 0.2) is 5.75 Å². The van der Waals surface area contributed by atoms with E-state index in [0.717, 1.165) is 38.3 Å². The summed E-state index contributed by atoms with van der Waals surface area (Å²) in [5.41, 5.74) is 3.93. The number of rotatable bonds is 7. The summed E-state index contributed by atoms with van der Waals surface area (Å²) < 4.78 is 20.3. The van der Waals surface area contributed by atoms with Crippen LogP contribution in [0.1, 0.15) is 27.0 Å². The molecule has 0 radical (unpaired) electrons.